The highest BCUT2D eigenvalue weighted by Crippen LogP contribution is 2.26. The summed E-state index contributed by atoms with van der Waals surface area (Å²) in [6.45, 7) is 16.6. The standard InChI is InChI=1S/C14H30N2/c1-6-14(5,7-2)16-10-12(3)8-15-9-13(4)11-16/h12-13,15H,6-11H2,1-5H3. The fourth-order valence-corrected chi connectivity index (χ4v) is 2.67. The van der Waals surface area contributed by atoms with Crippen LogP contribution in [0.4, 0.5) is 0 Å². The summed E-state index contributed by atoms with van der Waals surface area (Å²) in [5.74, 6) is 1.54. The minimum atomic E-state index is 0.403. The molecule has 0 aromatic rings. The monoisotopic (exact) mass is 226 g/mol. The first-order chi connectivity index (χ1) is 7.51. The van der Waals surface area contributed by atoms with E-state index in [9.17, 15) is 0 Å². The van der Waals surface area contributed by atoms with Gasteiger partial charge in [-0.25, -0.2) is 0 Å². The number of hydrogen-bond acceptors (Lipinski definition) is 2. The van der Waals surface area contributed by atoms with Crippen LogP contribution in [-0.2, 0) is 0 Å². The van der Waals surface area contributed by atoms with Gasteiger partial charge in [-0.15, -0.1) is 0 Å². The van der Waals surface area contributed by atoms with Crippen LogP contribution in [0.15, 0.2) is 0 Å². The van der Waals surface area contributed by atoms with E-state index in [1.807, 2.05) is 0 Å². The van der Waals surface area contributed by atoms with Crippen molar-refractivity contribution in [2.24, 2.45) is 11.8 Å². The van der Waals surface area contributed by atoms with Crippen LogP contribution in [0.2, 0.25) is 0 Å². The largest absolute Gasteiger partial charge is 0.316 e. The Hall–Kier alpha value is -0.0800. The van der Waals surface area contributed by atoms with Gasteiger partial charge in [-0.2, -0.15) is 0 Å². The third-order valence-electron chi connectivity index (χ3n) is 4.34. The van der Waals surface area contributed by atoms with E-state index >= 15 is 0 Å². The average Bonchev–Trinajstić information content (AvgIpc) is 2.24. The van der Waals surface area contributed by atoms with Gasteiger partial charge < -0.3 is 5.32 Å². The number of rotatable bonds is 3. The molecule has 0 saturated carbocycles. The molecule has 0 amide bonds. The van der Waals surface area contributed by atoms with Crippen LogP contribution in [0.1, 0.15) is 47.5 Å². The van der Waals surface area contributed by atoms with Crippen molar-refractivity contribution in [3.8, 4) is 0 Å². The predicted octanol–water partition coefficient (Wildman–Crippen LogP) is 2.74. The van der Waals surface area contributed by atoms with Crippen LogP contribution >= 0.6 is 0 Å². The Kier molecular flexibility index (Phi) is 5.26. The van der Waals surface area contributed by atoms with Gasteiger partial charge in [-0.05, 0) is 44.7 Å². The molecule has 1 N–H and O–H groups in total. The molecule has 1 fully saturated rings. The quantitative estimate of drug-likeness (QED) is 0.796. The maximum Gasteiger partial charge on any atom is 0.0176 e. The molecule has 1 rings (SSSR count). The third kappa shape index (κ3) is 3.46. The van der Waals surface area contributed by atoms with E-state index in [4.69, 9.17) is 0 Å². The molecule has 0 spiro atoms. The lowest BCUT2D eigenvalue weighted by molar-refractivity contribution is 0.0558. The van der Waals surface area contributed by atoms with E-state index in [2.05, 4.69) is 44.8 Å². The van der Waals surface area contributed by atoms with Crippen molar-refractivity contribution in [3.63, 3.8) is 0 Å². The van der Waals surface area contributed by atoms with Crippen molar-refractivity contribution in [1.82, 2.24) is 10.2 Å². The summed E-state index contributed by atoms with van der Waals surface area (Å²) in [5, 5.41) is 3.57. The highest BCUT2D eigenvalue weighted by Gasteiger charge is 2.30. The van der Waals surface area contributed by atoms with Crippen LogP contribution in [0.5, 0.6) is 0 Å². The van der Waals surface area contributed by atoms with Crippen LogP contribution < -0.4 is 5.32 Å². The van der Waals surface area contributed by atoms with Crippen molar-refractivity contribution in [2.45, 2.75) is 53.0 Å². The highest BCUT2D eigenvalue weighted by atomic mass is 15.2. The van der Waals surface area contributed by atoms with E-state index in [0.29, 0.717) is 5.54 Å². The van der Waals surface area contributed by atoms with Crippen molar-refractivity contribution >= 4 is 0 Å². The second-order valence-corrected chi connectivity index (χ2v) is 5.98. The molecule has 1 aliphatic heterocycles. The van der Waals surface area contributed by atoms with Crippen molar-refractivity contribution in [2.75, 3.05) is 26.2 Å². The minimum absolute atomic E-state index is 0.403. The molecule has 1 heterocycles. The second kappa shape index (κ2) is 6.02. The Morgan fingerprint density at radius 3 is 1.88 bits per heavy atom. The highest BCUT2D eigenvalue weighted by molar-refractivity contribution is 4.87. The van der Waals surface area contributed by atoms with Crippen molar-refractivity contribution < 1.29 is 0 Å². The molecular weight excluding hydrogens is 196 g/mol. The molecule has 2 atom stereocenters. The van der Waals surface area contributed by atoms with E-state index in [0.717, 1.165) is 11.8 Å². The first-order valence-electron chi connectivity index (χ1n) is 6.97. The van der Waals surface area contributed by atoms with Gasteiger partial charge in [-0.3, -0.25) is 4.90 Å². The lowest BCUT2D eigenvalue weighted by Gasteiger charge is -2.44. The number of nitrogens with one attached hydrogen (secondary N) is 1. The Balaban J connectivity index is 2.72. The predicted molar refractivity (Wildman–Crippen MR) is 71.8 cm³/mol. The first-order valence-corrected chi connectivity index (χ1v) is 6.97. The fraction of sp³-hybridized carbons (Fsp3) is 1.00. The van der Waals surface area contributed by atoms with Crippen LogP contribution in [0.25, 0.3) is 0 Å². The maximum atomic E-state index is 3.57. The number of nitrogens with zero attached hydrogens (tertiary/aromatic N) is 1. The van der Waals surface area contributed by atoms with Crippen LogP contribution in [0, 0.1) is 11.8 Å². The van der Waals surface area contributed by atoms with Gasteiger partial charge in [0.25, 0.3) is 0 Å². The van der Waals surface area contributed by atoms with Crippen molar-refractivity contribution in [1.29, 1.82) is 0 Å². The van der Waals surface area contributed by atoms with Gasteiger partial charge in [0.1, 0.15) is 0 Å². The first kappa shape index (κ1) is 14.0. The molecule has 16 heavy (non-hydrogen) atoms. The van der Waals surface area contributed by atoms with Crippen LogP contribution in [0.3, 0.4) is 0 Å². The summed E-state index contributed by atoms with van der Waals surface area (Å²) in [4.78, 5) is 2.74. The summed E-state index contributed by atoms with van der Waals surface area (Å²) in [5.41, 5.74) is 0.403. The summed E-state index contributed by atoms with van der Waals surface area (Å²) < 4.78 is 0. The van der Waals surface area contributed by atoms with Gasteiger partial charge in [0.05, 0.1) is 0 Å². The molecular formula is C14H30N2. The van der Waals surface area contributed by atoms with Gasteiger partial charge in [0, 0.05) is 18.6 Å². The normalized spacial score (nSPS) is 29.8. The maximum absolute atomic E-state index is 3.57. The summed E-state index contributed by atoms with van der Waals surface area (Å²) in [6, 6.07) is 0. The van der Waals surface area contributed by atoms with E-state index < -0.39 is 0 Å². The zero-order valence-electron chi connectivity index (χ0n) is 11.8. The molecule has 2 heteroatoms. The molecule has 96 valence electrons. The summed E-state index contributed by atoms with van der Waals surface area (Å²) in [6.07, 6.45) is 2.52. The van der Waals surface area contributed by atoms with Gasteiger partial charge in [-0.1, -0.05) is 27.7 Å². The molecule has 1 saturated heterocycles. The zero-order valence-corrected chi connectivity index (χ0v) is 11.8. The minimum Gasteiger partial charge on any atom is -0.316 e. The van der Waals surface area contributed by atoms with E-state index in [-0.39, 0.29) is 0 Å². The van der Waals surface area contributed by atoms with Gasteiger partial charge in [0.2, 0.25) is 0 Å². The Morgan fingerprint density at radius 1 is 1.06 bits per heavy atom. The molecule has 0 aromatic carbocycles. The van der Waals surface area contributed by atoms with E-state index in [1.165, 1.54) is 39.0 Å². The molecule has 1 aliphatic rings. The molecule has 0 aromatic heterocycles. The topological polar surface area (TPSA) is 15.3 Å². The fourth-order valence-electron chi connectivity index (χ4n) is 2.67. The number of hydrogen-bond donors (Lipinski definition) is 1. The Labute approximate surface area is 102 Å². The van der Waals surface area contributed by atoms with Crippen LogP contribution in [-0.4, -0.2) is 36.6 Å². The lowest BCUT2D eigenvalue weighted by atomic mass is 9.90. The Morgan fingerprint density at radius 2 is 1.50 bits per heavy atom. The molecule has 2 unspecified atom stereocenters. The van der Waals surface area contributed by atoms with Gasteiger partial charge >= 0.3 is 0 Å². The van der Waals surface area contributed by atoms with Gasteiger partial charge in [0.15, 0.2) is 0 Å². The average molecular weight is 226 g/mol. The molecule has 0 aliphatic carbocycles. The zero-order chi connectivity index (χ0) is 12.2. The van der Waals surface area contributed by atoms with Crippen molar-refractivity contribution in [3.05, 3.63) is 0 Å². The molecule has 0 radical (unpaired) electrons. The summed E-state index contributed by atoms with van der Waals surface area (Å²) in [7, 11) is 0. The second-order valence-electron chi connectivity index (χ2n) is 5.98. The summed E-state index contributed by atoms with van der Waals surface area (Å²) >= 11 is 0. The lowest BCUT2D eigenvalue weighted by Crippen LogP contribution is -2.52. The molecule has 0 bridgehead atoms. The Bertz CT molecular complexity index is 187. The molecule has 2 nitrogen and oxygen atoms in total. The third-order valence-corrected chi connectivity index (χ3v) is 4.34. The SMILES string of the molecule is CCC(C)(CC)N1CC(C)CNCC(C)C1. The van der Waals surface area contributed by atoms with E-state index in [1.54, 1.807) is 0 Å². The smallest absolute Gasteiger partial charge is 0.0176 e.